The largest absolute Gasteiger partial charge is 0.380 e. The Hall–Kier alpha value is -1.64. The van der Waals surface area contributed by atoms with Crippen molar-refractivity contribution in [2.45, 2.75) is 19.4 Å². The third kappa shape index (κ3) is 3.34. The number of hydrogen-bond donors (Lipinski definition) is 1. The Morgan fingerprint density at radius 1 is 0.952 bits per heavy atom. The average molecular weight is 283 g/mol. The fourth-order valence-corrected chi connectivity index (χ4v) is 2.92. The Morgan fingerprint density at radius 3 is 2.00 bits per heavy atom. The molecule has 0 aliphatic heterocycles. The number of rotatable bonds is 5. The van der Waals surface area contributed by atoms with Gasteiger partial charge in [0.2, 0.25) is 0 Å². The van der Waals surface area contributed by atoms with Crippen LogP contribution >= 0.6 is 0 Å². The van der Waals surface area contributed by atoms with Crippen molar-refractivity contribution in [3.05, 3.63) is 71.3 Å². The van der Waals surface area contributed by atoms with E-state index in [0.29, 0.717) is 0 Å². The van der Waals surface area contributed by atoms with Gasteiger partial charge >= 0.3 is 0 Å². The standard InChI is InChI=1S/C19H25NO/c1-15-10-12-18(13-11-15)19(21,16(2)14-20(3)4)17-8-6-5-7-9-17/h5-13,16,21H,14H2,1-4H3/t16-,19+/m0/s1. The number of hydrogen-bond acceptors (Lipinski definition) is 2. The molecule has 2 heteroatoms. The first-order valence-corrected chi connectivity index (χ1v) is 7.44. The number of nitrogens with zero attached hydrogens (tertiary/aromatic N) is 1. The zero-order valence-corrected chi connectivity index (χ0v) is 13.4. The maximum atomic E-state index is 11.5. The summed E-state index contributed by atoms with van der Waals surface area (Å²) in [6.45, 7) is 4.99. The van der Waals surface area contributed by atoms with E-state index >= 15 is 0 Å². The van der Waals surface area contributed by atoms with Crippen molar-refractivity contribution >= 4 is 0 Å². The average Bonchev–Trinajstić information content (AvgIpc) is 2.47. The molecule has 0 unspecified atom stereocenters. The first-order valence-electron chi connectivity index (χ1n) is 7.44. The summed E-state index contributed by atoms with van der Waals surface area (Å²) in [4.78, 5) is 2.12. The molecular weight excluding hydrogens is 258 g/mol. The van der Waals surface area contributed by atoms with E-state index in [0.717, 1.165) is 17.7 Å². The molecule has 21 heavy (non-hydrogen) atoms. The predicted octanol–water partition coefficient (Wildman–Crippen LogP) is 3.43. The lowest BCUT2D eigenvalue weighted by Gasteiger charge is -2.37. The molecule has 2 rings (SSSR count). The van der Waals surface area contributed by atoms with Gasteiger partial charge in [-0.15, -0.1) is 0 Å². The molecule has 112 valence electrons. The Labute approximate surface area is 128 Å². The van der Waals surface area contributed by atoms with Gasteiger partial charge in [-0.1, -0.05) is 67.1 Å². The van der Waals surface area contributed by atoms with Crippen molar-refractivity contribution in [1.82, 2.24) is 4.90 Å². The number of aliphatic hydroxyl groups is 1. The van der Waals surface area contributed by atoms with Gasteiger partial charge in [-0.25, -0.2) is 0 Å². The molecule has 2 aromatic rings. The van der Waals surface area contributed by atoms with Gasteiger partial charge in [-0.05, 0) is 32.1 Å². The zero-order chi connectivity index (χ0) is 15.5. The Bertz CT molecular complexity index is 562. The van der Waals surface area contributed by atoms with E-state index in [1.807, 2.05) is 56.6 Å². The van der Waals surface area contributed by atoms with Crippen molar-refractivity contribution in [1.29, 1.82) is 0 Å². The molecule has 0 saturated heterocycles. The van der Waals surface area contributed by atoms with Crippen LogP contribution in [0.4, 0.5) is 0 Å². The van der Waals surface area contributed by atoms with E-state index in [9.17, 15) is 5.11 Å². The van der Waals surface area contributed by atoms with E-state index in [1.54, 1.807) is 0 Å². The first kappa shape index (κ1) is 15.7. The molecule has 2 nitrogen and oxygen atoms in total. The lowest BCUT2D eigenvalue weighted by molar-refractivity contribution is 0.0134. The number of benzene rings is 2. The topological polar surface area (TPSA) is 23.5 Å². The maximum Gasteiger partial charge on any atom is 0.118 e. The predicted molar refractivity (Wildman–Crippen MR) is 88.3 cm³/mol. The highest BCUT2D eigenvalue weighted by molar-refractivity contribution is 5.38. The van der Waals surface area contributed by atoms with Gasteiger partial charge in [0.1, 0.15) is 5.60 Å². The molecule has 0 aliphatic carbocycles. The SMILES string of the molecule is Cc1ccc([C@](O)(c2ccccc2)[C@@H](C)CN(C)C)cc1. The Morgan fingerprint density at radius 2 is 1.48 bits per heavy atom. The van der Waals surface area contributed by atoms with Crippen LogP contribution in [0.2, 0.25) is 0 Å². The van der Waals surface area contributed by atoms with Crippen molar-refractivity contribution in [3.63, 3.8) is 0 Å². The van der Waals surface area contributed by atoms with Gasteiger partial charge < -0.3 is 10.0 Å². The molecule has 0 amide bonds. The molecule has 2 atom stereocenters. The van der Waals surface area contributed by atoms with Gasteiger partial charge in [0.05, 0.1) is 0 Å². The van der Waals surface area contributed by atoms with Crippen LogP contribution in [0.3, 0.4) is 0 Å². The minimum atomic E-state index is -0.973. The minimum Gasteiger partial charge on any atom is -0.380 e. The summed E-state index contributed by atoms with van der Waals surface area (Å²) in [5.74, 6) is 0.0811. The van der Waals surface area contributed by atoms with Gasteiger partial charge in [-0.2, -0.15) is 0 Å². The molecule has 0 aliphatic rings. The van der Waals surface area contributed by atoms with Gasteiger partial charge in [-0.3, -0.25) is 0 Å². The highest BCUT2D eigenvalue weighted by Crippen LogP contribution is 2.37. The van der Waals surface area contributed by atoms with Crippen LogP contribution < -0.4 is 0 Å². The summed E-state index contributed by atoms with van der Waals surface area (Å²) in [6, 6.07) is 18.2. The highest BCUT2D eigenvalue weighted by Gasteiger charge is 2.37. The Balaban J connectivity index is 2.50. The molecule has 0 fully saturated rings. The summed E-state index contributed by atoms with van der Waals surface area (Å²) in [7, 11) is 4.08. The summed E-state index contributed by atoms with van der Waals surface area (Å²) in [5.41, 5.74) is 2.13. The van der Waals surface area contributed by atoms with Crippen LogP contribution in [0, 0.1) is 12.8 Å². The third-order valence-electron chi connectivity index (χ3n) is 4.06. The molecule has 0 heterocycles. The minimum absolute atomic E-state index is 0.0811. The molecule has 2 aromatic carbocycles. The van der Waals surface area contributed by atoms with Gasteiger partial charge in [0.25, 0.3) is 0 Å². The molecular formula is C19H25NO. The maximum absolute atomic E-state index is 11.5. The second kappa shape index (κ2) is 6.42. The van der Waals surface area contributed by atoms with Crippen LogP contribution in [0.5, 0.6) is 0 Å². The third-order valence-corrected chi connectivity index (χ3v) is 4.06. The van der Waals surface area contributed by atoms with Crippen molar-refractivity contribution in [2.24, 2.45) is 5.92 Å². The van der Waals surface area contributed by atoms with E-state index in [2.05, 4.69) is 30.9 Å². The monoisotopic (exact) mass is 283 g/mol. The Kier molecular flexibility index (Phi) is 4.81. The van der Waals surface area contributed by atoms with Crippen LogP contribution in [-0.4, -0.2) is 30.6 Å². The summed E-state index contributed by atoms with van der Waals surface area (Å²) in [6.07, 6.45) is 0. The molecule has 0 saturated carbocycles. The molecule has 1 N–H and O–H groups in total. The molecule has 0 bridgehead atoms. The van der Waals surface area contributed by atoms with Crippen molar-refractivity contribution in [3.8, 4) is 0 Å². The second-order valence-electron chi connectivity index (χ2n) is 6.16. The number of aryl methyl sites for hydroxylation is 1. The lowest BCUT2D eigenvalue weighted by atomic mass is 9.76. The van der Waals surface area contributed by atoms with Crippen LogP contribution in [0.25, 0.3) is 0 Å². The second-order valence-corrected chi connectivity index (χ2v) is 6.16. The molecule has 0 radical (unpaired) electrons. The zero-order valence-electron chi connectivity index (χ0n) is 13.4. The summed E-state index contributed by atoms with van der Waals surface area (Å²) in [5, 5.41) is 11.5. The van der Waals surface area contributed by atoms with E-state index < -0.39 is 5.60 Å². The van der Waals surface area contributed by atoms with Crippen LogP contribution in [-0.2, 0) is 5.60 Å². The fourth-order valence-electron chi connectivity index (χ4n) is 2.92. The van der Waals surface area contributed by atoms with Gasteiger partial charge in [0.15, 0.2) is 0 Å². The molecule has 0 spiro atoms. The fraction of sp³-hybridized carbons (Fsp3) is 0.368. The summed E-state index contributed by atoms with van der Waals surface area (Å²) >= 11 is 0. The van der Waals surface area contributed by atoms with Crippen LogP contribution in [0.1, 0.15) is 23.6 Å². The lowest BCUT2D eigenvalue weighted by Crippen LogP contribution is -2.40. The van der Waals surface area contributed by atoms with Gasteiger partial charge in [0, 0.05) is 12.5 Å². The molecule has 0 aromatic heterocycles. The quantitative estimate of drug-likeness (QED) is 0.909. The smallest absolute Gasteiger partial charge is 0.118 e. The van der Waals surface area contributed by atoms with E-state index in [4.69, 9.17) is 0 Å². The highest BCUT2D eigenvalue weighted by atomic mass is 16.3. The van der Waals surface area contributed by atoms with E-state index in [1.165, 1.54) is 5.56 Å². The van der Waals surface area contributed by atoms with E-state index in [-0.39, 0.29) is 5.92 Å². The normalized spacial score (nSPS) is 15.7. The van der Waals surface area contributed by atoms with Crippen molar-refractivity contribution < 1.29 is 5.11 Å². The first-order chi connectivity index (χ1) is 9.94. The van der Waals surface area contributed by atoms with Crippen molar-refractivity contribution in [2.75, 3.05) is 20.6 Å². The van der Waals surface area contributed by atoms with Crippen LogP contribution in [0.15, 0.2) is 54.6 Å². The summed E-state index contributed by atoms with van der Waals surface area (Å²) < 4.78 is 0.